The van der Waals surface area contributed by atoms with Crippen molar-refractivity contribution in [1.29, 1.82) is 0 Å². The van der Waals surface area contributed by atoms with Crippen LogP contribution in [-0.4, -0.2) is 48.9 Å². The molecule has 3 heteroatoms. The van der Waals surface area contributed by atoms with E-state index in [1.807, 2.05) is 0 Å². The third-order valence-electron chi connectivity index (χ3n) is 0. The molecular weight excluding hydrogens is 308 g/mol. The first-order valence-corrected chi connectivity index (χ1v) is 0. The quantitative estimate of drug-likeness (QED) is 0.575. The Hall–Kier alpha value is 2.88. The molecule has 0 saturated carbocycles. The molecule has 0 aromatic carbocycles. The van der Waals surface area contributed by atoms with E-state index in [9.17, 15) is 0 Å². The average Bonchev–Trinajstić information content (AvgIpc) is 0. The Morgan fingerprint density at radius 2 is 1.25 bits per heavy atom. The molecule has 0 N–H and O–H groups in total. The predicted molar refractivity (Wildman–Crippen MR) is 17.2 cm³/mol. The van der Waals surface area contributed by atoms with E-state index < -0.39 is 0 Å². The molecule has 0 aromatic heterocycles. The molecule has 0 saturated heterocycles. The molecule has 24 valence electrons. The van der Waals surface area contributed by atoms with Gasteiger partial charge in [0.05, 0.1) is 0 Å². The van der Waals surface area contributed by atoms with Crippen LogP contribution in [0.25, 0.3) is 0 Å². The van der Waals surface area contributed by atoms with Gasteiger partial charge in [0.15, 0.2) is 0 Å². The minimum Gasteiger partial charge on any atom is -1.00 e. The van der Waals surface area contributed by atoms with Crippen LogP contribution in [0.5, 0.6) is 0 Å². The smallest absolute Gasteiger partial charge is 1.00 e. The fraction of sp³-hybridized carbons (Fsp3) is 1.00. The Bertz CT molecular complexity index is 13.5. The Labute approximate surface area is 103 Å². The van der Waals surface area contributed by atoms with E-state index in [-0.39, 0.29) is 106 Å². The third kappa shape index (κ3) is 8.86. The maximum absolute atomic E-state index is 0. The molecule has 0 bridgehead atoms. The molecule has 0 aliphatic rings. The summed E-state index contributed by atoms with van der Waals surface area (Å²) in [5.41, 5.74) is 0. The van der Waals surface area contributed by atoms with Crippen molar-refractivity contribution >= 4 is 48.9 Å². The van der Waals surface area contributed by atoms with Gasteiger partial charge in [0.25, 0.3) is 0 Å². The Morgan fingerprint density at radius 1 is 1.25 bits per heavy atom. The Morgan fingerprint density at radius 3 is 1.25 bits per heavy atom. The molecule has 4 heavy (non-hydrogen) atoms. The molecule has 0 radical (unpaired) electrons. The summed E-state index contributed by atoms with van der Waals surface area (Å²) in [4.78, 5) is 0. The van der Waals surface area contributed by atoms with Crippen LogP contribution in [0.3, 0.4) is 0 Å². The van der Waals surface area contributed by atoms with Gasteiger partial charge in [-0.1, -0.05) is 7.43 Å². The molecule has 0 unspecified atom stereocenters. The standard InChI is InChI=1S/CH4.Ba.Ce.FH.2H/h1H4;;;1H;;/q;+2;;;2*-1. The molecule has 0 nitrogen and oxygen atoms in total. The SMILES string of the molecule is C.F.[Ba+2].[Ce].[H-].[H-]. The van der Waals surface area contributed by atoms with Gasteiger partial charge in [0.2, 0.25) is 0 Å². The maximum atomic E-state index is 0. The van der Waals surface area contributed by atoms with Gasteiger partial charge in [-0.05, 0) is 0 Å². The van der Waals surface area contributed by atoms with Crippen molar-refractivity contribution in [3.8, 4) is 0 Å². The average molecular weight is 316 g/mol. The van der Waals surface area contributed by atoms with E-state index in [4.69, 9.17) is 0 Å². The van der Waals surface area contributed by atoms with E-state index in [2.05, 4.69) is 0 Å². The second-order valence-corrected chi connectivity index (χ2v) is 0. The van der Waals surface area contributed by atoms with Crippen molar-refractivity contribution in [2.45, 2.75) is 7.43 Å². The number of hydrogen-bond donors (Lipinski definition) is 0. The van der Waals surface area contributed by atoms with Gasteiger partial charge in [0, 0.05) is 41.7 Å². The molecule has 0 fully saturated rings. The number of rotatable bonds is 0. The summed E-state index contributed by atoms with van der Waals surface area (Å²) in [6, 6.07) is 0. The zero-order chi connectivity index (χ0) is 0. The summed E-state index contributed by atoms with van der Waals surface area (Å²) in [5, 5.41) is 0. The monoisotopic (exact) mass is 316 g/mol. The zero-order valence-corrected chi connectivity index (χ0v) is 9.20. The van der Waals surface area contributed by atoms with Crippen LogP contribution in [0, 0.1) is 41.7 Å². The normalized spacial score (nSPS) is 0. The van der Waals surface area contributed by atoms with Gasteiger partial charge in [-0.15, -0.1) is 0 Å². The molecule has 0 heterocycles. The summed E-state index contributed by atoms with van der Waals surface area (Å²) in [6.07, 6.45) is 0. The number of halogens is 1. The summed E-state index contributed by atoms with van der Waals surface area (Å²) >= 11 is 0. The summed E-state index contributed by atoms with van der Waals surface area (Å²) in [5.74, 6) is 0. The Kier molecular flexibility index (Phi) is 121. The van der Waals surface area contributed by atoms with Crippen LogP contribution in [0.2, 0.25) is 0 Å². The first kappa shape index (κ1) is 28.7. The van der Waals surface area contributed by atoms with Crippen molar-refractivity contribution in [3.63, 3.8) is 0 Å². The second kappa shape index (κ2) is 16.9. The topological polar surface area (TPSA) is 0 Å². The van der Waals surface area contributed by atoms with Crippen molar-refractivity contribution < 1.29 is 49.3 Å². The molecule has 0 rings (SSSR count). The molecule has 0 atom stereocenters. The van der Waals surface area contributed by atoms with Crippen LogP contribution in [0.1, 0.15) is 10.3 Å². The van der Waals surface area contributed by atoms with Crippen molar-refractivity contribution in [1.82, 2.24) is 0 Å². The van der Waals surface area contributed by atoms with Gasteiger partial charge in [0.1, 0.15) is 0 Å². The van der Waals surface area contributed by atoms with Crippen LogP contribution in [-0.2, 0) is 0 Å². The van der Waals surface area contributed by atoms with Gasteiger partial charge < -0.3 is 2.85 Å². The van der Waals surface area contributed by atoms with E-state index in [1.54, 1.807) is 0 Å². The van der Waals surface area contributed by atoms with Gasteiger partial charge in [-0.3, -0.25) is 4.70 Å². The molecule has 0 spiro atoms. The van der Waals surface area contributed by atoms with Crippen LogP contribution in [0.4, 0.5) is 4.70 Å². The molecule has 0 amide bonds. The molecular formula is CH7BaCeF. The predicted octanol–water partition coefficient (Wildman–Crippen LogP) is 0.633. The minimum atomic E-state index is 0. The van der Waals surface area contributed by atoms with Crippen LogP contribution in [0.15, 0.2) is 0 Å². The van der Waals surface area contributed by atoms with Gasteiger partial charge in [-0.2, -0.15) is 0 Å². The zero-order valence-electron chi connectivity index (χ0n) is 3.62. The fourth-order valence-corrected chi connectivity index (χ4v) is 0. The first-order valence-electron chi connectivity index (χ1n) is 0. The van der Waals surface area contributed by atoms with E-state index in [1.165, 1.54) is 0 Å². The van der Waals surface area contributed by atoms with E-state index in [0.717, 1.165) is 0 Å². The fourth-order valence-electron chi connectivity index (χ4n) is 0. The van der Waals surface area contributed by atoms with E-state index >= 15 is 0 Å². The first-order chi connectivity index (χ1) is 0. The number of hydrogen-bond acceptors (Lipinski definition) is 0. The summed E-state index contributed by atoms with van der Waals surface area (Å²) in [7, 11) is 0. The molecule has 0 aliphatic carbocycles. The van der Waals surface area contributed by atoms with Crippen LogP contribution >= 0.6 is 0 Å². The van der Waals surface area contributed by atoms with Crippen LogP contribution < -0.4 is 0 Å². The Balaban J connectivity index is 0. The van der Waals surface area contributed by atoms with Gasteiger partial charge in [-0.25, -0.2) is 0 Å². The van der Waals surface area contributed by atoms with Crippen molar-refractivity contribution in [3.05, 3.63) is 0 Å². The summed E-state index contributed by atoms with van der Waals surface area (Å²) in [6.45, 7) is 0. The maximum Gasteiger partial charge on any atom is 2.00 e. The van der Waals surface area contributed by atoms with Gasteiger partial charge >= 0.3 is 48.9 Å². The summed E-state index contributed by atoms with van der Waals surface area (Å²) < 4.78 is 0. The third-order valence-corrected chi connectivity index (χ3v) is 0. The minimum absolute atomic E-state index is 0. The molecule has 0 aliphatic heterocycles. The van der Waals surface area contributed by atoms with E-state index in [0.29, 0.717) is 0 Å². The van der Waals surface area contributed by atoms with Crippen molar-refractivity contribution in [2.24, 2.45) is 0 Å². The largest absolute Gasteiger partial charge is 2.00 e. The van der Waals surface area contributed by atoms with Crippen molar-refractivity contribution in [2.75, 3.05) is 0 Å². The second-order valence-electron chi connectivity index (χ2n) is 0. The molecule has 0 aromatic rings.